The van der Waals surface area contributed by atoms with E-state index in [4.69, 9.17) is 4.74 Å². The zero-order chi connectivity index (χ0) is 29.8. The Bertz CT molecular complexity index is 1790. The predicted molar refractivity (Wildman–Crippen MR) is 160 cm³/mol. The van der Waals surface area contributed by atoms with Gasteiger partial charge in [-0.3, -0.25) is 19.7 Å². The minimum absolute atomic E-state index is 0.0199. The van der Waals surface area contributed by atoms with E-state index >= 15 is 0 Å². The van der Waals surface area contributed by atoms with E-state index in [2.05, 4.69) is 22.1 Å². The first kappa shape index (κ1) is 30.0. The Hall–Kier alpha value is -3.92. The summed E-state index contributed by atoms with van der Waals surface area (Å²) in [7, 11) is -4.09. The number of aromatic nitrogens is 2. The van der Waals surface area contributed by atoms with Gasteiger partial charge in [-0.1, -0.05) is 35.3 Å². The fraction of sp³-hybridized carbons (Fsp3) is 0.276. The Morgan fingerprint density at radius 3 is 2.63 bits per heavy atom. The van der Waals surface area contributed by atoms with Crippen LogP contribution in [0.3, 0.4) is 0 Å². The third-order valence-corrected chi connectivity index (χ3v) is 10.5. The molecule has 4 rings (SSSR count). The quantitative estimate of drug-likeness (QED) is 0.192. The normalized spacial score (nSPS) is 11.5. The van der Waals surface area contributed by atoms with Crippen LogP contribution >= 0.6 is 22.7 Å². The van der Waals surface area contributed by atoms with Crippen molar-refractivity contribution in [3.05, 3.63) is 75.5 Å². The van der Waals surface area contributed by atoms with Crippen LogP contribution in [-0.2, 0) is 21.1 Å². The fourth-order valence-electron chi connectivity index (χ4n) is 3.69. The fourth-order valence-corrected chi connectivity index (χ4v) is 7.87. The van der Waals surface area contributed by atoms with Crippen molar-refractivity contribution >= 4 is 44.3 Å². The van der Waals surface area contributed by atoms with Crippen molar-refractivity contribution in [1.82, 2.24) is 9.55 Å². The molecule has 0 saturated heterocycles. The smallest absolute Gasteiger partial charge is 0.412 e. The Morgan fingerprint density at radius 2 is 1.93 bits per heavy atom. The van der Waals surface area contributed by atoms with Crippen LogP contribution in [0.5, 0.6) is 5.88 Å². The summed E-state index contributed by atoms with van der Waals surface area (Å²) in [4.78, 5) is 29.0. The zero-order valence-electron chi connectivity index (χ0n) is 22.9. The maximum absolute atomic E-state index is 13.2. The van der Waals surface area contributed by atoms with Crippen LogP contribution in [0.1, 0.15) is 44.7 Å². The standard InChI is InChI=1S/C29H29N3O6S3/c1-19-12-13-21(31-27(34)38-29(2,3)4)18-20(19)10-6-5-9-17-32-25(33)26(40-28(32)35)41(36,37)24-15-14-23(39-24)22-11-7-8-16-30-22/h7-8,11-16,18,33H,5,9,17H2,1-4H3,(H,31,34). The summed E-state index contributed by atoms with van der Waals surface area (Å²) in [6.45, 7) is 7.36. The molecule has 0 aliphatic carbocycles. The minimum Gasteiger partial charge on any atom is -0.493 e. The molecular weight excluding hydrogens is 583 g/mol. The number of rotatable bonds is 7. The first-order valence-corrected chi connectivity index (χ1v) is 15.8. The molecule has 0 saturated carbocycles. The molecule has 12 heteroatoms. The second kappa shape index (κ2) is 12.3. The van der Waals surface area contributed by atoms with E-state index in [1.807, 2.05) is 13.0 Å². The number of nitrogens with one attached hydrogen (secondary N) is 1. The summed E-state index contributed by atoms with van der Waals surface area (Å²) in [5, 5.41) is 13.4. The van der Waals surface area contributed by atoms with Gasteiger partial charge in [0.05, 0.1) is 10.6 Å². The number of sulfone groups is 1. The number of hydrogen-bond donors (Lipinski definition) is 2. The van der Waals surface area contributed by atoms with E-state index in [1.54, 1.807) is 63.4 Å². The summed E-state index contributed by atoms with van der Waals surface area (Å²) >= 11 is 1.53. The van der Waals surface area contributed by atoms with Gasteiger partial charge in [-0.15, -0.1) is 11.3 Å². The molecule has 41 heavy (non-hydrogen) atoms. The van der Waals surface area contributed by atoms with Crippen molar-refractivity contribution in [3.63, 3.8) is 0 Å². The molecule has 0 unspecified atom stereocenters. The molecule has 9 nitrogen and oxygen atoms in total. The van der Waals surface area contributed by atoms with Gasteiger partial charge in [0.1, 0.15) is 9.81 Å². The molecule has 0 fully saturated rings. The maximum Gasteiger partial charge on any atom is 0.412 e. The number of hydrogen-bond acceptors (Lipinski definition) is 9. The van der Waals surface area contributed by atoms with Crippen molar-refractivity contribution in [3.8, 4) is 28.3 Å². The van der Waals surface area contributed by atoms with Crippen molar-refractivity contribution in [1.29, 1.82) is 0 Å². The molecule has 1 amide bonds. The lowest BCUT2D eigenvalue weighted by atomic mass is 10.1. The molecule has 0 spiro atoms. The molecule has 214 valence electrons. The summed E-state index contributed by atoms with van der Waals surface area (Å²) in [6, 6.07) is 13.8. The average Bonchev–Trinajstić information content (AvgIpc) is 3.51. The van der Waals surface area contributed by atoms with Gasteiger partial charge < -0.3 is 9.84 Å². The monoisotopic (exact) mass is 611 g/mol. The van der Waals surface area contributed by atoms with Crippen molar-refractivity contribution in [2.24, 2.45) is 0 Å². The maximum atomic E-state index is 13.2. The lowest BCUT2D eigenvalue weighted by Gasteiger charge is -2.19. The number of amides is 1. The van der Waals surface area contributed by atoms with Crippen LogP contribution in [0.15, 0.2) is 67.9 Å². The number of thiazole rings is 1. The second-order valence-corrected chi connectivity index (χ2v) is 14.4. The summed E-state index contributed by atoms with van der Waals surface area (Å²) in [6.07, 6.45) is 1.86. The summed E-state index contributed by atoms with van der Waals surface area (Å²) in [5.41, 5.74) is 2.22. The predicted octanol–water partition coefficient (Wildman–Crippen LogP) is 6.06. The number of benzene rings is 1. The van der Waals surface area contributed by atoms with Gasteiger partial charge in [0, 0.05) is 30.4 Å². The van der Waals surface area contributed by atoms with E-state index in [0.717, 1.165) is 27.0 Å². The molecule has 1 aromatic carbocycles. The number of pyridine rings is 1. The molecule has 0 atom stereocenters. The average molecular weight is 612 g/mol. The van der Waals surface area contributed by atoms with Crippen molar-refractivity contribution in [2.45, 2.75) is 61.1 Å². The highest BCUT2D eigenvalue weighted by molar-refractivity contribution is 7.95. The number of anilines is 1. The van der Waals surface area contributed by atoms with Gasteiger partial charge in [-0.2, -0.15) is 0 Å². The van der Waals surface area contributed by atoms with E-state index in [0.29, 0.717) is 40.4 Å². The van der Waals surface area contributed by atoms with Crippen molar-refractivity contribution < 1.29 is 23.1 Å². The summed E-state index contributed by atoms with van der Waals surface area (Å²) in [5.74, 6) is 5.54. The van der Waals surface area contributed by atoms with Crippen LogP contribution < -0.4 is 10.2 Å². The van der Waals surface area contributed by atoms with E-state index < -0.39 is 32.3 Å². The molecule has 0 radical (unpaired) electrons. The molecule has 0 aliphatic heterocycles. The number of aryl methyl sites for hydroxylation is 1. The highest BCUT2D eigenvalue weighted by atomic mass is 32.3. The lowest BCUT2D eigenvalue weighted by molar-refractivity contribution is 0.0636. The Morgan fingerprint density at radius 1 is 1.15 bits per heavy atom. The van der Waals surface area contributed by atoms with Gasteiger partial charge in [0.15, 0.2) is 4.21 Å². The third-order valence-electron chi connectivity index (χ3n) is 5.64. The van der Waals surface area contributed by atoms with Crippen molar-refractivity contribution in [2.75, 3.05) is 5.32 Å². The van der Waals surface area contributed by atoms with E-state index in [1.165, 1.54) is 6.07 Å². The van der Waals surface area contributed by atoms with Crippen LogP contribution in [0, 0.1) is 18.8 Å². The Balaban J connectivity index is 1.42. The number of nitrogens with zero attached hydrogens (tertiary/aromatic N) is 2. The minimum atomic E-state index is -4.09. The number of unbranched alkanes of at least 4 members (excludes halogenated alkanes) is 1. The highest BCUT2D eigenvalue weighted by Gasteiger charge is 2.29. The lowest BCUT2D eigenvalue weighted by Crippen LogP contribution is -2.27. The Kier molecular flexibility index (Phi) is 9.01. The van der Waals surface area contributed by atoms with Gasteiger partial charge in [-0.05, 0) is 76.1 Å². The molecule has 2 N–H and O–H groups in total. The van der Waals surface area contributed by atoms with Crippen LogP contribution in [-0.4, -0.2) is 34.8 Å². The topological polar surface area (TPSA) is 128 Å². The SMILES string of the molecule is Cc1ccc(NC(=O)OC(C)(C)C)cc1C#CCCCn1c(O)c(S(=O)(=O)c2ccc(-c3ccccn3)s2)sc1=O. The molecule has 4 aromatic rings. The van der Waals surface area contributed by atoms with Crippen LogP contribution in [0.25, 0.3) is 10.6 Å². The number of aromatic hydroxyl groups is 1. The van der Waals surface area contributed by atoms with Crippen LogP contribution in [0.2, 0.25) is 0 Å². The largest absolute Gasteiger partial charge is 0.493 e. The summed E-state index contributed by atoms with van der Waals surface area (Å²) < 4.78 is 32.4. The molecule has 0 aliphatic rings. The Labute approximate surface area is 246 Å². The molecule has 3 heterocycles. The van der Waals surface area contributed by atoms with Gasteiger partial charge in [0.2, 0.25) is 15.7 Å². The number of ether oxygens (including phenoxy) is 1. The van der Waals surface area contributed by atoms with E-state index in [9.17, 15) is 23.1 Å². The first-order chi connectivity index (χ1) is 19.3. The van der Waals surface area contributed by atoms with E-state index in [-0.39, 0.29) is 15.0 Å². The van der Waals surface area contributed by atoms with Gasteiger partial charge in [0.25, 0.3) is 0 Å². The first-order valence-electron chi connectivity index (χ1n) is 12.6. The third kappa shape index (κ3) is 7.43. The number of carbonyl (C=O) groups excluding carboxylic acids is 1. The molecule has 3 aromatic heterocycles. The van der Waals surface area contributed by atoms with Gasteiger partial charge >= 0.3 is 11.0 Å². The highest BCUT2D eigenvalue weighted by Crippen LogP contribution is 2.37. The molecule has 0 bridgehead atoms. The molecular formula is C29H29N3O6S3. The van der Waals surface area contributed by atoms with Crippen LogP contribution in [0.4, 0.5) is 10.5 Å². The number of thiophene rings is 1. The zero-order valence-corrected chi connectivity index (χ0v) is 25.4. The number of carbonyl (C=O) groups is 1. The second-order valence-electron chi connectivity index (χ2n) is 10.0. The van der Waals surface area contributed by atoms with Gasteiger partial charge in [-0.25, -0.2) is 13.2 Å².